The average Bonchev–Trinajstić information content (AvgIpc) is 2.60. The lowest BCUT2D eigenvalue weighted by atomic mass is 9.90. The van der Waals surface area contributed by atoms with Crippen LogP contribution in [0.25, 0.3) is 0 Å². The van der Waals surface area contributed by atoms with Gasteiger partial charge in [-0.3, -0.25) is 4.90 Å². The normalized spacial score (nSPS) is 25.4. The number of likely N-dealkylation sites (tertiary alicyclic amines) is 1. The predicted molar refractivity (Wildman–Crippen MR) is 73.1 cm³/mol. The summed E-state index contributed by atoms with van der Waals surface area (Å²) in [5.74, 6) is 0. The van der Waals surface area contributed by atoms with Gasteiger partial charge in [-0.25, -0.2) is 0 Å². The van der Waals surface area contributed by atoms with E-state index in [1.807, 2.05) is 0 Å². The fourth-order valence-corrected chi connectivity index (χ4v) is 2.90. The highest BCUT2D eigenvalue weighted by atomic mass is 15.2. The lowest BCUT2D eigenvalue weighted by molar-refractivity contribution is 0.265. The Hall–Kier alpha value is -0.860. The number of nitrogens with zero attached hydrogens (tertiary/aromatic N) is 1. The number of aryl methyl sites for hydroxylation is 1. The van der Waals surface area contributed by atoms with Crippen molar-refractivity contribution in [2.24, 2.45) is 5.41 Å². The Morgan fingerprint density at radius 1 is 1.41 bits per heavy atom. The largest absolute Gasteiger partial charge is 0.319 e. The van der Waals surface area contributed by atoms with Crippen molar-refractivity contribution in [3.63, 3.8) is 0 Å². The van der Waals surface area contributed by atoms with E-state index in [0.29, 0.717) is 5.41 Å². The smallest absolute Gasteiger partial charge is 0.0234 e. The highest BCUT2D eigenvalue weighted by molar-refractivity contribution is 5.22. The molecule has 1 N–H and O–H groups in total. The minimum absolute atomic E-state index is 0.457. The SMILES string of the molecule is CNCC1(C)CCN(Cc2cccc(C)c2)C1. The molecule has 2 rings (SSSR count). The van der Waals surface area contributed by atoms with Crippen LogP contribution >= 0.6 is 0 Å². The summed E-state index contributed by atoms with van der Waals surface area (Å²) in [6, 6.07) is 8.86. The molecule has 1 aromatic carbocycles. The van der Waals surface area contributed by atoms with E-state index in [2.05, 4.69) is 55.4 Å². The van der Waals surface area contributed by atoms with Gasteiger partial charge in [0, 0.05) is 19.6 Å². The maximum Gasteiger partial charge on any atom is 0.0234 e. The number of rotatable bonds is 4. The summed E-state index contributed by atoms with van der Waals surface area (Å²) in [7, 11) is 2.05. The molecule has 1 atom stereocenters. The monoisotopic (exact) mass is 232 g/mol. The minimum Gasteiger partial charge on any atom is -0.319 e. The van der Waals surface area contributed by atoms with Crippen LogP contribution in [0.15, 0.2) is 24.3 Å². The lowest BCUT2D eigenvalue weighted by Gasteiger charge is -2.24. The molecular weight excluding hydrogens is 208 g/mol. The average molecular weight is 232 g/mol. The molecule has 0 spiro atoms. The quantitative estimate of drug-likeness (QED) is 0.857. The fraction of sp³-hybridized carbons (Fsp3) is 0.600. The number of hydrogen-bond acceptors (Lipinski definition) is 2. The van der Waals surface area contributed by atoms with Crippen LogP contribution in [0.2, 0.25) is 0 Å². The van der Waals surface area contributed by atoms with E-state index in [4.69, 9.17) is 0 Å². The summed E-state index contributed by atoms with van der Waals surface area (Å²) in [5, 5.41) is 3.32. The summed E-state index contributed by atoms with van der Waals surface area (Å²) in [6.07, 6.45) is 1.31. The summed E-state index contributed by atoms with van der Waals surface area (Å²) in [4.78, 5) is 2.58. The molecule has 0 saturated carbocycles. The van der Waals surface area contributed by atoms with E-state index in [0.717, 1.165) is 13.1 Å². The van der Waals surface area contributed by atoms with Crippen LogP contribution in [0.4, 0.5) is 0 Å². The van der Waals surface area contributed by atoms with Crippen molar-refractivity contribution >= 4 is 0 Å². The molecule has 1 fully saturated rings. The Balaban J connectivity index is 1.94. The van der Waals surface area contributed by atoms with Gasteiger partial charge in [-0.15, -0.1) is 0 Å². The van der Waals surface area contributed by atoms with E-state index in [1.165, 1.54) is 30.6 Å². The zero-order valence-corrected chi connectivity index (χ0v) is 11.3. The van der Waals surface area contributed by atoms with E-state index < -0.39 is 0 Å². The van der Waals surface area contributed by atoms with Crippen molar-refractivity contribution in [2.75, 3.05) is 26.7 Å². The summed E-state index contributed by atoms with van der Waals surface area (Å²) in [6.45, 7) is 9.21. The molecule has 1 saturated heterocycles. The van der Waals surface area contributed by atoms with Gasteiger partial charge in [0.1, 0.15) is 0 Å². The Bertz CT molecular complexity index is 375. The molecule has 1 aromatic rings. The highest BCUT2D eigenvalue weighted by Crippen LogP contribution is 2.29. The topological polar surface area (TPSA) is 15.3 Å². The van der Waals surface area contributed by atoms with Gasteiger partial charge in [-0.1, -0.05) is 36.8 Å². The molecule has 0 amide bonds. The molecule has 1 aliphatic rings. The first-order valence-electron chi connectivity index (χ1n) is 6.54. The van der Waals surface area contributed by atoms with Crippen LogP contribution in [-0.2, 0) is 6.54 Å². The van der Waals surface area contributed by atoms with Crippen molar-refractivity contribution < 1.29 is 0 Å². The summed E-state index contributed by atoms with van der Waals surface area (Å²) in [5.41, 5.74) is 3.26. The van der Waals surface area contributed by atoms with Gasteiger partial charge >= 0.3 is 0 Å². The van der Waals surface area contributed by atoms with Gasteiger partial charge in [0.15, 0.2) is 0 Å². The molecule has 0 aliphatic carbocycles. The van der Waals surface area contributed by atoms with Crippen molar-refractivity contribution in [1.82, 2.24) is 10.2 Å². The minimum atomic E-state index is 0.457. The van der Waals surface area contributed by atoms with Gasteiger partial charge in [-0.05, 0) is 37.9 Å². The molecule has 17 heavy (non-hydrogen) atoms. The van der Waals surface area contributed by atoms with Gasteiger partial charge in [0.05, 0.1) is 0 Å². The molecule has 0 radical (unpaired) electrons. The van der Waals surface area contributed by atoms with Crippen LogP contribution in [0.5, 0.6) is 0 Å². The van der Waals surface area contributed by atoms with Crippen LogP contribution in [0.3, 0.4) is 0 Å². The van der Waals surface area contributed by atoms with Crippen molar-refractivity contribution in [1.29, 1.82) is 0 Å². The first kappa shape index (κ1) is 12.6. The third-order valence-electron chi connectivity index (χ3n) is 3.73. The van der Waals surface area contributed by atoms with E-state index in [-0.39, 0.29) is 0 Å². The third-order valence-corrected chi connectivity index (χ3v) is 3.73. The van der Waals surface area contributed by atoms with E-state index in [9.17, 15) is 0 Å². The molecule has 0 bridgehead atoms. The molecule has 0 aromatic heterocycles. The van der Waals surface area contributed by atoms with Gasteiger partial charge in [-0.2, -0.15) is 0 Å². The second-order valence-electron chi connectivity index (χ2n) is 5.79. The van der Waals surface area contributed by atoms with Gasteiger partial charge < -0.3 is 5.32 Å². The maximum absolute atomic E-state index is 3.32. The number of benzene rings is 1. The van der Waals surface area contributed by atoms with Crippen molar-refractivity contribution in [3.05, 3.63) is 35.4 Å². The molecule has 1 aliphatic heterocycles. The molecular formula is C15H24N2. The summed E-state index contributed by atoms with van der Waals surface area (Å²) >= 11 is 0. The molecule has 1 heterocycles. The molecule has 2 heteroatoms. The first-order chi connectivity index (χ1) is 8.11. The van der Waals surface area contributed by atoms with E-state index >= 15 is 0 Å². The van der Waals surface area contributed by atoms with Crippen LogP contribution in [0, 0.1) is 12.3 Å². The van der Waals surface area contributed by atoms with Crippen LogP contribution in [-0.4, -0.2) is 31.6 Å². The predicted octanol–water partition coefficient (Wildman–Crippen LogP) is 2.43. The zero-order valence-electron chi connectivity index (χ0n) is 11.3. The van der Waals surface area contributed by atoms with E-state index in [1.54, 1.807) is 0 Å². The third kappa shape index (κ3) is 3.30. The second kappa shape index (κ2) is 5.19. The van der Waals surface area contributed by atoms with Crippen molar-refractivity contribution in [2.45, 2.75) is 26.8 Å². The standard InChI is InChI=1S/C15H24N2/c1-13-5-4-6-14(9-13)10-17-8-7-15(2,12-17)11-16-3/h4-6,9,16H,7-8,10-12H2,1-3H3. The zero-order chi connectivity index (χ0) is 12.3. The summed E-state index contributed by atoms with van der Waals surface area (Å²) < 4.78 is 0. The van der Waals surface area contributed by atoms with Crippen LogP contribution in [0.1, 0.15) is 24.5 Å². The Morgan fingerprint density at radius 2 is 2.24 bits per heavy atom. The second-order valence-corrected chi connectivity index (χ2v) is 5.79. The number of nitrogens with one attached hydrogen (secondary N) is 1. The molecule has 2 nitrogen and oxygen atoms in total. The molecule has 1 unspecified atom stereocenters. The fourth-order valence-electron chi connectivity index (χ4n) is 2.90. The van der Waals surface area contributed by atoms with Crippen LogP contribution < -0.4 is 5.32 Å². The van der Waals surface area contributed by atoms with Gasteiger partial charge in [0.25, 0.3) is 0 Å². The maximum atomic E-state index is 3.32. The lowest BCUT2D eigenvalue weighted by Crippen LogP contribution is -2.32. The Kier molecular flexibility index (Phi) is 3.85. The van der Waals surface area contributed by atoms with Crippen molar-refractivity contribution in [3.8, 4) is 0 Å². The van der Waals surface area contributed by atoms with Gasteiger partial charge in [0.2, 0.25) is 0 Å². The Labute approximate surface area is 105 Å². The molecule has 94 valence electrons. The first-order valence-corrected chi connectivity index (χ1v) is 6.54. The Morgan fingerprint density at radius 3 is 2.94 bits per heavy atom. The highest BCUT2D eigenvalue weighted by Gasteiger charge is 2.32. The number of hydrogen-bond donors (Lipinski definition) is 1.